The second-order valence-corrected chi connectivity index (χ2v) is 10.5. The first-order valence-corrected chi connectivity index (χ1v) is 13.7. The fraction of sp³-hybridized carbons (Fsp3) is 0.483. The molecule has 0 bridgehead atoms. The predicted molar refractivity (Wildman–Crippen MR) is 144 cm³/mol. The molecule has 3 heterocycles. The number of ether oxygens (including phenoxy) is 2. The van der Waals surface area contributed by atoms with Crippen LogP contribution in [0.1, 0.15) is 47.9 Å². The fourth-order valence-electron chi connectivity index (χ4n) is 5.80. The van der Waals surface area contributed by atoms with Crippen molar-refractivity contribution in [2.75, 3.05) is 40.0 Å². The van der Waals surface area contributed by atoms with Crippen molar-refractivity contribution in [1.29, 1.82) is 0 Å². The molecule has 1 aliphatic carbocycles. The maximum Gasteiger partial charge on any atom is 0.433 e. The molecule has 9 nitrogen and oxygen atoms in total. The number of pyridine rings is 1. The molecule has 2 fully saturated rings. The van der Waals surface area contributed by atoms with Gasteiger partial charge in [-0.05, 0) is 18.9 Å². The molecule has 1 aromatic carbocycles. The summed E-state index contributed by atoms with van der Waals surface area (Å²) in [4.78, 5) is 23.9. The van der Waals surface area contributed by atoms with Crippen molar-refractivity contribution in [2.24, 2.45) is 0 Å². The average Bonchev–Trinajstić information content (AvgIpc) is 3.41. The minimum atomic E-state index is -4.59. The number of aromatic nitrogens is 3. The Kier molecular flexibility index (Phi) is 8.62. The van der Waals surface area contributed by atoms with E-state index in [9.17, 15) is 23.1 Å². The largest absolute Gasteiger partial charge is 0.475 e. The van der Waals surface area contributed by atoms with Gasteiger partial charge in [-0.25, -0.2) is 9.97 Å². The molecule has 0 unspecified atom stereocenters. The number of rotatable bonds is 8. The van der Waals surface area contributed by atoms with Gasteiger partial charge < -0.3 is 29.4 Å². The van der Waals surface area contributed by atoms with Crippen molar-refractivity contribution >= 4 is 5.91 Å². The van der Waals surface area contributed by atoms with E-state index in [1.165, 1.54) is 12.1 Å². The Morgan fingerprint density at radius 2 is 1.98 bits per heavy atom. The van der Waals surface area contributed by atoms with Gasteiger partial charge in [0.2, 0.25) is 5.88 Å². The number of carbonyl (C=O) groups excluding carboxylic acids is 1. The summed E-state index contributed by atoms with van der Waals surface area (Å²) < 4.78 is 52.3. The Bertz CT molecular complexity index is 1330. The number of hydrogen-bond acceptors (Lipinski definition) is 7. The smallest absolute Gasteiger partial charge is 0.433 e. The highest BCUT2D eigenvalue weighted by molar-refractivity contribution is 5.98. The highest BCUT2D eigenvalue weighted by atomic mass is 19.4. The number of benzene rings is 1. The van der Waals surface area contributed by atoms with Crippen molar-refractivity contribution in [3.05, 3.63) is 66.2 Å². The molecule has 41 heavy (non-hydrogen) atoms. The zero-order valence-electron chi connectivity index (χ0n) is 22.8. The zero-order valence-corrected chi connectivity index (χ0v) is 22.8. The molecule has 220 valence electrons. The third-order valence-electron chi connectivity index (χ3n) is 7.78. The molecular weight excluding hydrogens is 539 g/mol. The number of methoxy groups -OCH3 is 1. The maximum atomic E-state index is 14.1. The molecule has 2 N–H and O–H groups in total. The normalized spacial score (nSPS) is 23.4. The van der Waals surface area contributed by atoms with Crippen LogP contribution in [0.5, 0.6) is 5.88 Å². The number of nitrogens with one attached hydrogen (secondary N) is 1. The first-order valence-electron chi connectivity index (χ1n) is 13.7. The van der Waals surface area contributed by atoms with E-state index in [0.29, 0.717) is 38.2 Å². The first kappa shape index (κ1) is 29.0. The van der Waals surface area contributed by atoms with Gasteiger partial charge in [-0.2, -0.15) is 13.2 Å². The average molecular weight is 574 g/mol. The number of nitrogens with zero attached hydrogens (tertiary/aromatic N) is 4. The minimum Gasteiger partial charge on any atom is -0.475 e. The lowest BCUT2D eigenvalue weighted by Crippen LogP contribution is -2.56. The lowest BCUT2D eigenvalue weighted by atomic mass is 9.80. The van der Waals surface area contributed by atoms with Crippen molar-refractivity contribution in [3.8, 4) is 17.1 Å². The minimum absolute atomic E-state index is 0.0509. The van der Waals surface area contributed by atoms with Crippen LogP contribution >= 0.6 is 0 Å². The topological polar surface area (TPSA) is 102 Å². The number of imidazole rings is 1. The van der Waals surface area contributed by atoms with Gasteiger partial charge in [0.05, 0.1) is 30.7 Å². The predicted octanol–water partition coefficient (Wildman–Crippen LogP) is 3.95. The number of aliphatic hydroxyl groups is 1. The van der Waals surface area contributed by atoms with Crippen LogP contribution < -0.4 is 10.1 Å². The number of piperazine rings is 1. The van der Waals surface area contributed by atoms with E-state index in [-0.39, 0.29) is 36.7 Å². The standard InChI is InChI=1S/C29H34F3N5O4/c1-40-18-28(39)13-6-5-11-23(28)37-19-34-25(26(37)20-8-3-2-4-9-20)27(38)36-15-14-33-16-21(36)17-41-24-12-7-10-22(35-24)29(30,31)32/h2-4,7-10,12,19,21,23,33,39H,5-6,11,13-18H2,1H3/t21-,23+,28+/m0/s1. The molecule has 3 atom stereocenters. The Balaban J connectivity index is 1.44. The summed E-state index contributed by atoms with van der Waals surface area (Å²) in [7, 11) is 1.56. The lowest BCUT2D eigenvalue weighted by Gasteiger charge is -2.41. The highest BCUT2D eigenvalue weighted by Gasteiger charge is 2.42. The van der Waals surface area contributed by atoms with Gasteiger partial charge in [0.15, 0.2) is 5.69 Å². The van der Waals surface area contributed by atoms with Gasteiger partial charge in [0, 0.05) is 38.4 Å². The van der Waals surface area contributed by atoms with Gasteiger partial charge in [0.25, 0.3) is 5.91 Å². The van der Waals surface area contributed by atoms with Crippen molar-refractivity contribution < 1.29 is 32.5 Å². The third kappa shape index (κ3) is 6.24. The van der Waals surface area contributed by atoms with Gasteiger partial charge in [0.1, 0.15) is 17.9 Å². The summed E-state index contributed by atoms with van der Waals surface area (Å²) >= 11 is 0. The summed E-state index contributed by atoms with van der Waals surface area (Å²) in [5.74, 6) is -0.484. The molecule has 1 saturated heterocycles. The molecule has 0 radical (unpaired) electrons. The zero-order chi connectivity index (χ0) is 29.0. The van der Waals surface area contributed by atoms with Crippen molar-refractivity contribution in [1.82, 2.24) is 24.8 Å². The molecular formula is C29H34F3N5O4. The van der Waals surface area contributed by atoms with Gasteiger partial charge in [-0.1, -0.05) is 49.2 Å². The summed E-state index contributed by atoms with van der Waals surface area (Å²) in [5.41, 5.74) is -0.518. The van der Waals surface area contributed by atoms with Crippen LogP contribution in [0.25, 0.3) is 11.3 Å². The first-order chi connectivity index (χ1) is 19.7. The van der Waals surface area contributed by atoms with E-state index < -0.39 is 23.5 Å². The third-order valence-corrected chi connectivity index (χ3v) is 7.78. The molecule has 1 aliphatic heterocycles. The fourth-order valence-corrected chi connectivity index (χ4v) is 5.80. The van der Waals surface area contributed by atoms with Crippen LogP contribution in [0.15, 0.2) is 54.9 Å². The molecule has 0 spiro atoms. The lowest BCUT2D eigenvalue weighted by molar-refractivity contribution is -0.141. The summed E-state index contributed by atoms with van der Waals surface area (Å²) in [6.45, 7) is 1.41. The molecule has 2 aliphatic rings. The van der Waals surface area contributed by atoms with E-state index >= 15 is 0 Å². The van der Waals surface area contributed by atoms with E-state index in [0.717, 1.165) is 24.5 Å². The van der Waals surface area contributed by atoms with Crippen LogP contribution in [0.4, 0.5) is 13.2 Å². The van der Waals surface area contributed by atoms with Crippen LogP contribution in [-0.4, -0.2) is 82.0 Å². The molecule has 3 aromatic rings. The van der Waals surface area contributed by atoms with Crippen LogP contribution in [0.2, 0.25) is 0 Å². The summed E-state index contributed by atoms with van der Waals surface area (Å²) in [6, 6.07) is 12.1. The monoisotopic (exact) mass is 573 g/mol. The maximum absolute atomic E-state index is 14.1. The second kappa shape index (κ2) is 12.2. The van der Waals surface area contributed by atoms with Crippen molar-refractivity contribution in [2.45, 2.75) is 49.5 Å². The summed E-state index contributed by atoms with van der Waals surface area (Å²) in [5, 5.41) is 14.8. The SMILES string of the molecule is COC[C@]1(O)CCCC[C@H]1n1cnc(C(=O)N2CCNC[C@H]2COc2cccc(C(F)(F)F)n2)c1-c1ccccc1. The van der Waals surface area contributed by atoms with Gasteiger partial charge in [-0.3, -0.25) is 4.79 Å². The van der Waals surface area contributed by atoms with E-state index in [1.54, 1.807) is 18.3 Å². The molecule has 12 heteroatoms. The van der Waals surface area contributed by atoms with E-state index in [2.05, 4.69) is 15.3 Å². The Morgan fingerprint density at radius 1 is 1.17 bits per heavy atom. The van der Waals surface area contributed by atoms with Gasteiger partial charge in [-0.15, -0.1) is 0 Å². The highest BCUT2D eigenvalue weighted by Crippen LogP contribution is 2.41. The van der Waals surface area contributed by atoms with Crippen LogP contribution in [0.3, 0.4) is 0 Å². The Labute approximate surface area is 236 Å². The molecule has 1 saturated carbocycles. The number of hydrogen-bond donors (Lipinski definition) is 2. The summed E-state index contributed by atoms with van der Waals surface area (Å²) in [6.07, 6.45) is 0.105. The molecule has 1 amide bonds. The Hall–Kier alpha value is -3.48. The van der Waals surface area contributed by atoms with E-state index in [1.807, 2.05) is 34.9 Å². The second-order valence-electron chi connectivity index (χ2n) is 10.5. The molecule has 5 rings (SSSR count). The van der Waals surface area contributed by atoms with Crippen LogP contribution in [-0.2, 0) is 10.9 Å². The van der Waals surface area contributed by atoms with Crippen molar-refractivity contribution in [3.63, 3.8) is 0 Å². The van der Waals surface area contributed by atoms with Crippen LogP contribution in [0, 0.1) is 0 Å². The number of carbonyl (C=O) groups is 1. The molecule has 2 aromatic heterocycles. The van der Waals surface area contributed by atoms with Gasteiger partial charge >= 0.3 is 6.18 Å². The number of amides is 1. The number of alkyl halides is 3. The van der Waals surface area contributed by atoms with E-state index in [4.69, 9.17) is 9.47 Å². The Morgan fingerprint density at radius 3 is 2.73 bits per heavy atom. The quantitative estimate of drug-likeness (QED) is 0.421. The number of halogens is 3.